The van der Waals surface area contributed by atoms with Crippen molar-refractivity contribution >= 4 is 16.8 Å². The Hall–Kier alpha value is -2.91. The number of anilines is 1. The summed E-state index contributed by atoms with van der Waals surface area (Å²) in [5.41, 5.74) is 5.23. The fourth-order valence-corrected chi connectivity index (χ4v) is 4.57. The van der Waals surface area contributed by atoms with Gasteiger partial charge in [0.05, 0.1) is 11.3 Å². The first-order chi connectivity index (χ1) is 14.5. The monoisotopic (exact) mass is 404 g/mol. The molecule has 1 atom stereocenters. The average molecular weight is 404 g/mol. The first-order valence-electron chi connectivity index (χ1n) is 10.5. The van der Waals surface area contributed by atoms with Crippen molar-refractivity contribution in [3.8, 4) is 17.2 Å². The molecule has 2 heterocycles. The van der Waals surface area contributed by atoms with Gasteiger partial charge in [-0.2, -0.15) is 5.26 Å². The van der Waals surface area contributed by atoms with E-state index in [-0.39, 0.29) is 5.82 Å². The second-order valence-corrected chi connectivity index (χ2v) is 8.70. The summed E-state index contributed by atoms with van der Waals surface area (Å²) in [4.78, 5) is 9.31. The number of benzene rings is 2. The lowest BCUT2D eigenvalue weighted by atomic mass is 9.93. The smallest absolute Gasteiger partial charge is 0.198 e. The highest BCUT2D eigenvalue weighted by Crippen LogP contribution is 2.47. The summed E-state index contributed by atoms with van der Waals surface area (Å²) in [7, 11) is 4.20. The molecule has 1 aliphatic heterocycles. The molecule has 6 heteroatoms. The topological polar surface area (TPSA) is 56.3 Å². The lowest BCUT2D eigenvalue weighted by molar-refractivity contribution is 0.315. The van der Waals surface area contributed by atoms with Crippen LogP contribution in [0.1, 0.15) is 42.2 Å². The van der Waals surface area contributed by atoms with Gasteiger partial charge in [0.25, 0.3) is 0 Å². The third-order valence-corrected chi connectivity index (χ3v) is 6.44. The molecule has 1 saturated heterocycles. The zero-order chi connectivity index (χ0) is 21.0. The Morgan fingerprint density at radius 3 is 2.70 bits per heavy atom. The van der Waals surface area contributed by atoms with Gasteiger partial charge in [0.15, 0.2) is 11.5 Å². The molecular weight excluding hydrogens is 379 g/mol. The molecule has 0 spiro atoms. The number of likely N-dealkylation sites (N-methyl/N-ethyl adjacent to an activating group) is 1. The van der Waals surface area contributed by atoms with Crippen LogP contribution in [0.5, 0.6) is 0 Å². The quantitative estimate of drug-likeness (QED) is 0.623. The summed E-state index contributed by atoms with van der Waals surface area (Å²) in [6.45, 7) is 3.67. The molecule has 5 nitrogen and oxygen atoms in total. The molecule has 0 radical (unpaired) electrons. The molecule has 0 amide bonds. The van der Waals surface area contributed by atoms with Gasteiger partial charge in [0.2, 0.25) is 0 Å². The average Bonchev–Trinajstić information content (AvgIpc) is 3.28. The van der Waals surface area contributed by atoms with Gasteiger partial charge in [-0.15, -0.1) is 0 Å². The van der Waals surface area contributed by atoms with Crippen LogP contribution < -0.4 is 4.90 Å². The molecular formula is C24H25FN4O. The molecule has 5 rings (SSSR count). The molecule has 0 bridgehead atoms. The number of oxazole rings is 1. The molecule has 1 saturated carbocycles. The first kappa shape index (κ1) is 19.1. The maximum atomic E-state index is 14.2. The highest BCUT2D eigenvalue weighted by Gasteiger charge is 2.34. The van der Waals surface area contributed by atoms with E-state index >= 15 is 0 Å². The number of rotatable bonds is 4. The standard InChI is InChI=1S/C24H25FN4O/c1-14-19(12-26)21-23(30-24(27-21)15-7-8-15)22(29-10-9-18(13-29)28(2)3)20(14)16-5-4-6-17(25)11-16/h4-6,11,15,18H,7-10,13H2,1-3H3/t18-/m0/s1. The van der Waals surface area contributed by atoms with E-state index in [1.807, 2.05) is 13.0 Å². The van der Waals surface area contributed by atoms with Crippen molar-refractivity contribution in [3.05, 3.63) is 47.1 Å². The van der Waals surface area contributed by atoms with Gasteiger partial charge in [-0.3, -0.25) is 0 Å². The fraction of sp³-hybridized carbons (Fsp3) is 0.417. The Morgan fingerprint density at radius 1 is 1.27 bits per heavy atom. The molecule has 2 fully saturated rings. The van der Waals surface area contributed by atoms with Crippen molar-refractivity contribution in [2.45, 2.75) is 38.1 Å². The van der Waals surface area contributed by atoms with Crippen LogP contribution in [0, 0.1) is 24.1 Å². The van der Waals surface area contributed by atoms with Crippen LogP contribution in [-0.2, 0) is 0 Å². The third-order valence-electron chi connectivity index (χ3n) is 6.44. The molecule has 0 unspecified atom stereocenters. The molecule has 30 heavy (non-hydrogen) atoms. The number of aromatic nitrogens is 1. The Balaban J connectivity index is 1.80. The van der Waals surface area contributed by atoms with E-state index in [2.05, 4.69) is 30.0 Å². The molecule has 3 aromatic rings. The highest BCUT2D eigenvalue weighted by molar-refractivity contribution is 6.02. The second kappa shape index (κ2) is 7.10. The number of nitriles is 1. The van der Waals surface area contributed by atoms with Crippen molar-refractivity contribution in [1.82, 2.24) is 9.88 Å². The minimum absolute atomic E-state index is 0.291. The van der Waals surface area contributed by atoms with Gasteiger partial charge in [-0.05, 0) is 63.5 Å². The zero-order valence-electron chi connectivity index (χ0n) is 17.6. The lowest BCUT2D eigenvalue weighted by Crippen LogP contribution is -2.31. The van der Waals surface area contributed by atoms with Crippen molar-refractivity contribution in [2.24, 2.45) is 0 Å². The molecule has 2 aliphatic rings. The van der Waals surface area contributed by atoms with E-state index in [4.69, 9.17) is 9.40 Å². The molecule has 1 aromatic heterocycles. The number of halogens is 1. The summed E-state index contributed by atoms with van der Waals surface area (Å²) in [6.07, 6.45) is 3.19. The summed E-state index contributed by atoms with van der Waals surface area (Å²) in [5, 5.41) is 9.95. The van der Waals surface area contributed by atoms with Crippen LogP contribution in [0.15, 0.2) is 28.7 Å². The Kier molecular flexibility index (Phi) is 4.52. The largest absolute Gasteiger partial charge is 0.438 e. The molecule has 2 aromatic carbocycles. The van der Waals surface area contributed by atoms with Crippen molar-refractivity contribution in [1.29, 1.82) is 5.26 Å². The minimum Gasteiger partial charge on any atom is -0.438 e. The van der Waals surface area contributed by atoms with Crippen molar-refractivity contribution in [3.63, 3.8) is 0 Å². The van der Waals surface area contributed by atoms with Gasteiger partial charge in [-0.1, -0.05) is 12.1 Å². The van der Waals surface area contributed by atoms with Crippen LogP contribution in [0.25, 0.3) is 22.2 Å². The molecule has 154 valence electrons. The number of hydrogen-bond acceptors (Lipinski definition) is 5. The maximum Gasteiger partial charge on any atom is 0.198 e. The second-order valence-electron chi connectivity index (χ2n) is 8.70. The van der Waals surface area contributed by atoms with Gasteiger partial charge >= 0.3 is 0 Å². The normalized spacial score (nSPS) is 19.1. The van der Waals surface area contributed by atoms with Crippen LogP contribution in [-0.4, -0.2) is 43.1 Å². The van der Waals surface area contributed by atoms with Gasteiger partial charge < -0.3 is 14.2 Å². The van der Waals surface area contributed by atoms with Crippen molar-refractivity contribution < 1.29 is 8.81 Å². The van der Waals surface area contributed by atoms with Crippen LogP contribution in [0.4, 0.5) is 10.1 Å². The fourth-order valence-electron chi connectivity index (χ4n) is 4.57. The van der Waals surface area contributed by atoms with Crippen LogP contribution in [0.2, 0.25) is 0 Å². The van der Waals surface area contributed by atoms with E-state index in [0.29, 0.717) is 28.6 Å². The summed E-state index contributed by atoms with van der Waals surface area (Å²) < 4.78 is 20.5. The van der Waals surface area contributed by atoms with E-state index in [0.717, 1.165) is 60.6 Å². The number of fused-ring (bicyclic) bond motifs is 1. The lowest BCUT2D eigenvalue weighted by Gasteiger charge is -2.25. The van der Waals surface area contributed by atoms with Crippen LogP contribution >= 0.6 is 0 Å². The van der Waals surface area contributed by atoms with Crippen LogP contribution in [0.3, 0.4) is 0 Å². The summed E-state index contributed by atoms with van der Waals surface area (Å²) >= 11 is 0. The summed E-state index contributed by atoms with van der Waals surface area (Å²) in [6, 6.07) is 9.37. The number of nitrogens with zero attached hydrogens (tertiary/aromatic N) is 4. The van der Waals surface area contributed by atoms with E-state index in [1.54, 1.807) is 6.07 Å². The highest BCUT2D eigenvalue weighted by atomic mass is 19.1. The van der Waals surface area contributed by atoms with Gasteiger partial charge in [0, 0.05) is 30.6 Å². The van der Waals surface area contributed by atoms with E-state index in [1.165, 1.54) is 12.1 Å². The minimum atomic E-state index is -0.291. The SMILES string of the molecule is Cc1c(-c2cccc(F)c2)c(N2CC[C@H](N(C)C)C2)c2oc(C3CC3)nc2c1C#N. The Labute approximate surface area is 175 Å². The molecule has 1 aliphatic carbocycles. The Morgan fingerprint density at radius 2 is 2.07 bits per heavy atom. The molecule has 0 N–H and O–H groups in total. The van der Waals surface area contributed by atoms with Crippen molar-refractivity contribution in [2.75, 3.05) is 32.1 Å². The Bertz CT molecular complexity index is 1170. The zero-order valence-corrected chi connectivity index (χ0v) is 17.6. The van der Waals surface area contributed by atoms with E-state index < -0.39 is 0 Å². The third kappa shape index (κ3) is 3.05. The maximum absolute atomic E-state index is 14.2. The first-order valence-corrected chi connectivity index (χ1v) is 10.5. The van der Waals surface area contributed by atoms with Gasteiger partial charge in [0.1, 0.15) is 17.4 Å². The van der Waals surface area contributed by atoms with Gasteiger partial charge in [-0.25, -0.2) is 9.37 Å². The number of hydrogen-bond donors (Lipinski definition) is 0. The predicted molar refractivity (Wildman–Crippen MR) is 115 cm³/mol. The predicted octanol–water partition coefficient (Wildman–Crippen LogP) is 4.83. The van der Waals surface area contributed by atoms with E-state index in [9.17, 15) is 9.65 Å². The summed E-state index contributed by atoms with van der Waals surface area (Å²) in [5.74, 6) is 0.782.